The molecule has 0 aliphatic carbocycles. The monoisotopic (exact) mass is 714 g/mol. The first-order valence-electron chi connectivity index (χ1n) is 19.5. The van der Waals surface area contributed by atoms with E-state index in [0.717, 1.165) is 17.8 Å². The zero-order valence-corrected chi connectivity index (χ0v) is 31.2. The van der Waals surface area contributed by atoms with Gasteiger partial charge in [0.05, 0.1) is 22.1 Å². The molecule has 2 aromatic heterocycles. The normalized spacial score (nSPS) is 12.2. The molecule has 11 aromatic rings. The van der Waals surface area contributed by atoms with Gasteiger partial charge in [-0.05, 0) is 105 Å². The van der Waals surface area contributed by atoms with E-state index in [1.807, 2.05) is 0 Å². The van der Waals surface area contributed by atoms with E-state index in [9.17, 15) is 0 Å². The third-order valence-corrected chi connectivity index (χ3v) is 11.7. The summed E-state index contributed by atoms with van der Waals surface area (Å²) in [6, 6.07) is 71.2. The van der Waals surface area contributed by atoms with E-state index in [4.69, 9.17) is 0 Å². The van der Waals surface area contributed by atoms with Crippen LogP contribution in [-0.4, -0.2) is 9.13 Å². The lowest BCUT2D eigenvalue weighted by Crippen LogP contribution is -2.01. The van der Waals surface area contributed by atoms with Crippen LogP contribution >= 0.6 is 0 Å². The summed E-state index contributed by atoms with van der Waals surface area (Å²) in [6.45, 7) is 2.27. The van der Waals surface area contributed by atoms with Crippen LogP contribution in [0.4, 0.5) is 0 Å². The number of hydrogen-bond donors (Lipinski definition) is 0. The quantitative estimate of drug-likeness (QED) is 0.162. The van der Waals surface area contributed by atoms with E-state index >= 15 is 0 Å². The van der Waals surface area contributed by atoms with E-state index in [2.05, 4.69) is 216 Å². The van der Waals surface area contributed by atoms with E-state index < -0.39 is 0 Å². The van der Waals surface area contributed by atoms with Gasteiger partial charge in [-0.3, -0.25) is 0 Å². The first-order valence-corrected chi connectivity index (χ1v) is 19.5. The highest BCUT2D eigenvalue weighted by molar-refractivity contribution is 6.22. The number of benzene rings is 9. The smallest absolute Gasteiger partial charge is 0.0547 e. The van der Waals surface area contributed by atoms with E-state index in [1.54, 1.807) is 0 Å². The standard InChI is InChI=1S/C54H38N2/c1-36(26-27-37-14-13-19-41(32-37)38-15-3-2-4-16-38)42-33-43(55-49-24-11-9-22-47(49)53-45-20-7-5-17-39(45)28-30-51(53)55)35-44(34-42)56-50-25-12-10-23-48(50)54-46-21-8-6-18-40(46)29-31-52(54)56/h2-26,28-35H,27H2,1H3/b36-26+. The zero-order valence-electron chi connectivity index (χ0n) is 31.2. The van der Waals surface area contributed by atoms with Crippen LogP contribution in [0.15, 0.2) is 200 Å². The number of rotatable bonds is 6. The van der Waals surface area contributed by atoms with Crippen molar-refractivity contribution in [3.05, 3.63) is 211 Å². The molecule has 0 N–H and O–H groups in total. The molecule has 0 spiro atoms. The number of nitrogens with zero attached hydrogens (tertiary/aromatic N) is 2. The molecule has 0 saturated carbocycles. The van der Waals surface area contributed by atoms with Gasteiger partial charge in [0, 0.05) is 32.9 Å². The minimum atomic E-state index is 0.842. The molecule has 11 rings (SSSR count). The number of aromatic nitrogens is 2. The lowest BCUT2D eigenvalue weighted by Gasteiger charge is -2.16. The van der Waals surface area contributed by atoms with Gasteiger partial charge in [0.2, 0.25) is 0 Å². The lowest BCUT2D eigenvalue weighted by atomic mass is 9.99. The topological polar surface area (TPSA) is 9.86 Å². The molecule has 0 amide bonds. The van der Waals surface area contributed by atoms with Crippen LogP contribution in [0.3, 0.4) is 0 Å². The fraction of sp³-hybridized carbons (Fsp3) is 0.0370. The van der Waals surface area contributed by atoms with Crippen molar-refractivity contribution in [1.29, 1.82) is 0 Å². The maximum atomic E-state index is 2.48. The molecule has 2 heteroatoms. The lowest BCUT2D eigenvalue weighted by molar-refractivity contribution is 1.13. The second-order valence-electron chi connectivity index (χ2n) is 15.0. The molecule has 0 unspecified atom stereocenters. The first kappa shape index (κ1) is 32.3. The second kappa shape index (κ2) is 13.0. The Morgan fingerprint density at radius 3 is 1.50 bits per heavy atom. The van der Waals surface area contributed by atoms with Crippen molar-refractivity contribution in [2.24, 2.45) is 0 Å². The van der Waals surface area contributed by atoms with Crippen LogP contribution < -0.4 is 0 Å². The number of para-hydroxylation sites is 2. The summed E-state index contributed by atoms with van der Waals surface area (Å²) in [5, 5.41) is 10.2. The van der Waals surface area contributed by atoms with Gasteiger partial charge in [0.15, 0.2) is 0 Å². The molecule has 264 valence electrons. The van der Waals surface area contributed by atoms with Crippen molar-refractivity contribution in [1.82, 2.24) is 9.13 Å². The third kappa shape index (κ3) is 5.18. The maximum absolute atomic E-state index is 2.48. The largest absolute Gasteiger partial charge is 0.309 e. The van der Waals surface area contributed by atoms with Crippen molar-refractivity contribution in [2.75, 3.05) is 0 Å². The highest BCUT2D eigenvalue weighted by Crippen LogP contribution is 2.40. The average Bonchev–Trinajstić information content (AvgIpc) is 3.79. The minimum absolute atomic E-state index is 0.842. The van der Waals surface area contributed by atoms with Crippen LogP contribution in [0.5, 0.6) is 0 Å². The van der Waals surface area contributed by atoms with Crippen molar-refractivity contribution < 1.29 is 0 Å². The molecule has 2 nitrogen and oxygen atoms in total. The van der Waals surface area contributed by atoms with Crippen LogP contribution in [0.1, 0.15) is 18.1 Å². The van der Waals surface area contributed by atoms with Gasteiger partial charge < -0.3 is 9.13 Å². The fourth-order valence-corrected chi connectivity index (χ4v) is 9.01. The van der Waals surface area contributed by atoms with Gasteiger partial charge in [-0.1, -0.05) is 158 Å². The molecule has 0 fully saturated rings. The third-order valence-electron chi connectivity index (χ3n) is 11.7. The Hall–Kier alpha value is -7.16. The molecule has 9 aromatic carbocycles. The Kier molecular flexibility index (Phi) is 7.50. The molecule has 56 heavy (non-hydrogen) atoms. The molecular weight excluding hydrogens is 677 g/mol. The molecular formula is C54H38N2. The van der Waals surface area contributed by atoms with Gasteiger partial charge in [-0.2, -0.15) is 0 Å². The molecule has 2 heterocycles. The summed E-state index contributed by atoms with van der Waals surface area (Å²) in [6.07, 6.45) is 3.24. The Morgan fingerprint density at radius 1 is 0.411 bits per heavy atom. The van der Waals surface area contributed by atoms with Crippen molar-refractivity contribution in [3.8, 4) is 22.5 Å². The summed E-state index contributed by atoms with van der Waals surface area (Å²) >= 11 is 0. The molecule has 0 radical (unpaired) electrons. The Labute approximate surface area is 325 Å². The SMILES string of the molecule is C/C(=C\Cc1cccc(-c2ccccc2)c1)c1cc(-n2c3ccccc3c3c4ccccc4ccc32)cc(-n2c3ccccc3c3c4ccccc4ccc32)c1. The maximum Gasteiger partial charge on any atom is 0.0547 e. The zero-order chi connectivity index (χ0) is 37.2. The summed E-state index contributed by atoms with van der Waals surface area (Å²) in [5.74, 6) is 0. The van der Waals surface area contributed by atoms with Crippen LogP contribution in [-0.2, 0) is 6.42 Å². The summed E-state index contributed by atoms with van der Waals surface area (Å²) in [4.78, 5) is 0. The average molecular weight is 715 g/mol. The summed E-state index contributed by atoms with van der Waals surface area (Å²) < 4.78 is 4.95. The summed E-state index contributed by atoms with van der Waals surface area (Å²) in [5.41, 5.74) is 13.3. The van der Waals surface area contributed by atoms with Gasteiger partial charge in [-0.25, -0.2) is 0 Å². The van der Waals surface area contributed by atoms with Crippen LogP contribution in [0.2, 0.25) is 0 Å². The first-order chi connectivity index (χ1) is 27.7. The van der Waals surface area contributed by atoms with Crippen LogP contribution in [0.25, 0.3) is 93.2 Å². The number of hydrogen-bond acceptors (Lipinski definition) is 0. The molecule has 0 aliphatic heterocycles. The molecule has 0 atom stereocenters. The van der Waals surface area contributed by atoms with E-state index in [0.29, 0.717) is 0 Å². The van der Waals surface area contributed by atoms with Gasteiger partial charge >= 0.3 is 0 Å². The molecule has 0 saturated heterocycles. The summed E-state index contributed by atoms with van der Waals surface area (Å²) in [7, 11) is 0. The predicted molar refractivity (Wildman–Crippen MR) is 239 cm³/mol. The Morgan fingerprint density at radius 2 is 0.911 bits per heavy atom. The van der Waals surface area contributed by atoms with Gasteiger partial charge in [0.25, 0.3) is 0 Å². The minimum Gasteiger partial charge on any atom is -0.309 e. The molecule has 0 aliphatic rings. The van der Waals surface area contributed by atoms with Crippen molar-refractivity contribution >= 4 is 70.7 Å². The van der Waals surface area contributed by atoms with Crippen LogP contribution in [0, 0.1) is 0 Å². The highest BCUT2D eigenvalue weighted by Gasteiger charge is 2.19. The Bertz CT molecular complexity index is 3170. The highest BCUT2D eigenvalue weighted by atomic mass is 15.0. The van der Waals surface area contributed by atoms with Gasteiger partial charge in [0.1, 0.15) is 0 Å². The Balaban J connectivity index is 1.16. The fourth-order valence-electron chi connectivity index (χ4n) is 9.01. The number of allylic oxidation sites excluding steroid dienone is 2. The van der Waals surface area contributed by atoms with Gasteiger partial charge in [-0.15, -0.1) is 0 Å². The predicted octanol–water partition coefficient (Wildman–Crippen LogP) is 14.5. The number of fused-ring (bicyclic) bond motifs is 10. The molecule has 0 bridgehead atoms. The van der Waals surface area contributed by atoms with E-state index in [-0.39, 0.29) is 0 Å². The van der Waals surface area contributed by atoms with E-state index in [1.165, 1.54) is 93.0 Å². The van der Waals surface area contributed by atoms with Crippen molar-refractivity contribution in [2.45, 2.75) is 13.3 Å². The second-order valence-corrected chi connectivity index (χ2v) is 15.0. The van der Waals surface area contributed by atoms with Crippen molar-refractivity contribution in [3.63, 3.8) is 0 Å².